The number of aromatic nitrogens is 1. The van der Waals surface area contributed by atoms with Crippen molar-refractivity contribution < 1.29 is 37.8 Å². The molecule has 3 aromatic rings. The number of fused-ring (bicyclic) bond motifs is 1. The Morgan fingerprint density at radius 1 is 0.985 bits per heavy atom. The molecule has 5 amide bonds. The van der Waals surface area contributed by atoms with Crippen molar-refractivity contribution in [2.75, 3.05) is 82.8 Å². The van der Waals surface area contributed by atoms with Gasteiger partial charge in [-0.3, -0.25) is 44.1 Å². The number of piperidine rings is 1. The molecule has 2 aromatic carbocycles. The van der Waals surface area contributed by atoms with Gasteiger partial charge in [-0.15, -0.1) is 11.3 Å². The summed E-state index contributed by atoms with van der Waals surface area (Å²) in [4.78, 5) is 79.7. The second kappa shape index (κ2) is 22.7. The van der Waals surface area contributed by atoms with Gasteiger partial charge in [-0.05, 0) is 75.3 Å². The highest BCUT2D eigenvalue weighted by Crippen LogP contribution is 2.43. The summed E-state index contributed by atoms with van der Waals surface area (Å²) in [6, 6.07) is 9.06. The number of nitrogens with one attached hydrogen (secondary N) is 5. The van der Waals surface area contributed by atoms with Gasteiger partial charge in [-0.1, -0.05) is 29.8 Å². The predicted molar refractivity (Wildman–Crippen MR) is 253 cm³/mol. The number of rotatable bonds is 19. The number of nitrogens with zero attached hydrogens (tertiary/aromatic N) is 5. The minimum Gasteiger partial charge on any atom is -0.487 e. The molecule has 67 heavy (non-hydrogen) atoms. The van der Waals surface area contributed by atoms with Crippen LogP contribution in [0, 0.1) is 11.2 Å². The summed E-state index contributed by atoms with van der Waals surface area (Å²) in [6.45, 7) is 7.30. The molecule has 2 atom stereocenters. The molecular formula is C47H58ClFN10O7S. The molecule has 20 heteroatoms. The molecule has 0 spiro atoms. The van der Waals surface area contributed by atoms with Crippen LogP contribution in [0.4, 0.5) is 15.2 Å². The Bertz CT molecular complexity index is 2320. The smallest absolute Gasteiger partial charge is 0.255 e. The van der Waals surface area contributed by atoms with Crippen LogP contribution in [0.5, 0.6) is 5.75 Å². The number of thiazole rings is 1. The zero-order chi connectivity index (χ0) is 46.8. The molecule has 1 aromatic heterocycles. The van der Waals surface area contributed by atoms with E-state index in [1.165, 1.54) is 22.3 Å². The summed E-state index contributed by atoms with van der Waals surface area (Å²) in [7, 11) is 0. The van der Waals surface area contributed by atoms with Gasteiger partial charge in [-0.25, -0.2) is 9.37 Å². The van der Waals surface area contributed by atoms with Crippen LogP contribution in [0.2, 0.25) is 5.02 Å². The van der Waals surface area contributed by atoms with Crippen LogP contribution in [0.3, 0.4) is 0 Å². The second-order valence-electron chi connectivity index (χ2n) is 17.6. The van der Waals surface area contributed by atoms with Crippen LogP contribution in [0.1, 0.15) is 67.3 Å². The van der Waals surface area contributed by atoms with Crippen LogP contribution < -0.4 is 31.3 Å². The summed E-state index contributed by atoms with van der Waals surface area (Å²) in [5.74, 6) is -1.06. The lowest BCUT2D eigenvalue weighted by molar-refractivity contribution is -0.137. The monoisotopic (exact) mass is 960 g/mol. The third-order valence-corrected chi connectivity index (χ3v) is 14.2. The summed E-state index contributed by atoms with van der Waals surface area (Å²) in [5.41, 5.74) is 0.963. The van der Waals surface area contributed by atoms with Gasteiger partial charge in [0.15, 0.2) is 16.7 Å². The van der Waals surface area contributed by atoms with Crippen molar-refractivity contribution in [2.45, 2.75) is 76.1 Å². The predicted octanol–water partition coefficient (Wildman–Crippen LogP) is 4.21. The first-order valence-corrected chi connectivity index (χ1v) is 24.4. The van der Waals surface area contributed by atoms with Gasteiger partial charge in [0.25, 0.3) is 5.91 Å². The van der Waals surface area contributed by atoms with E-state index >= 15 is 0 Å². The van der Waals surface area contributed by atoms with E-state index in [9.17, 15) is 28.4 Å². The maximum Gasteiger partial charge on any atom is 0.255 e. The Morgan fingerprint density at radius 2 is 1.78 bits per heavy atom. The van der Waals surface area contributed by atoms with Crippen LogP contribution in [0.25, 0.3) is 0 Å². The van der Waals surface area contributed by atoms with Crippen molar-refractivity contribution >= 4 is 69.1 Å². The van der Waals surface area contributed by atoms with Gasteiger partial charge < -0.3 is 35.6 Å². The first-order valence-electron chi connectivity index (χ1n) is 23.1. The highest BCUT2D eigenvalue weighted by molar-refractivity contribution is 7.13. The number of carbonyl (C=O) groups excluding carboxylic acids is 5. The number of amidine groups is 1. The Kier molecular flexibility index (Phi) is 16.3. The van der Waals surface area contributed by atoms with E-state index < -0.39 is 23.2 Å². The SMILES string of the molecule is O=C1CCC(N2Cc3c(NC(=O)CNCCOCCN4CCN(CCNC(=O)C5(CC6CC=CC(Nc7nccs7)=N6)CCC(Oc6cccc(Cl)c6F)CC5)CC4)cccc3C2=O)C(=O)N1. The van der Waals surface area contributed by atoms with Crippen molar-refractivity contribution in [3.8, 4) is 5.75 Å². The van der Waals surface area contributed by atoms with Crippen molar-refractivity contribution in [2.24, 2.45) is 10.4 Å². The van der Waals surface area contributed by atoms with Gasteiger partial charge >= 0.3 is 0 Å². The fourth-order valence-electron chi connectivity index (χ4n) is 9.51. The van der Waals surface area contributed by atoms with Gasteiger partial charge in [-0.2, -0.15) is 0 Å². The minimum atomic E-state index is -0.728. The lowest BCUT2D eigenvalue weighted by Crippen LogP contribution is -2.52. The lowest BCUT2D eigenvalue weighted by atomic mass is 9.68. The average Bonchev–Trinajstić information content (AvgIpc) is 3.96. The number of imide groups is 1. The number of amides is 5. The normalized spacial score (nSPS) is 23.4. The van der Waals surface area contributed by atoms with E-state index in [0.717, 1.165) is 56.7 Å². The number of dihydropyridines is 1. The van der Waals surface area contributed by atoms with Crippen LogP contribution in [-0.4, -0.2) is 145 Å². The molecule has 358 valence electrons. The highest BCUT2D eigenvalue weighted by atomic mass is 35.5. The Labute approximate surface area is 398 Å². The number of aliphatic imine (C=N–C) groups is 1. The molecule has 8 rings (SSSR count). The zero-order valence-corrected chi connectivity index (χ0v) is 39.0. The summed E-state index contributed by atoms with van der Waals surface area (Å²) >= 11 is 7.52. The number of piperazine rings is 1. The van der Waals surface area contributed by atoms with Crippen molar-refractivity contribution in [3.63, 3.8) is 0 Å². The van der Waals surface area contributed by atoms with Gasteiger partial charge in [0.05, 0.1) is 42.3 Å². The molecule has 2 saturated heterocycles. The number of hydrogen-bond acceptors (Lipinski definition) is 14. The van der Waals surface area contributed by atoms with E-state index in [2.05, 4.69) is 47.4 Å². The van der Waals surface area contributed by atoms with Crippen LogP contribution >= 0.6 is 22.9 Å². The topological polar surface area (TPSA) is 199 Å². The molecule has 5 aliphatic rings. The average molecular weight is 962 g/mol. The molecule has 2 unspecified atom stereocenters. The van der Waals surface area contributed by atoms with Crippen molar-refractivity contribution in [1.82, 2.24) is 35.6 Å². The first kappa shape index (κ1) is 48.2. The standard InChI is InChI=1S/C47H58ClFN10O7S/c48-35-6-3-8-38(42(35)49)66-32-12-14-47(15-13-32,28-31-4-1-9-39(53-31)55-46-52-18-27-67-46)45(64)51-16-19-57-20-22-58(23-21-57)24-26-65-25-17-50-29-41(61)54-36-7-2-5-33-34(36)30-59(44(33)63)37-10-11-40(60)56-43(37)62/h1-3,5-9,18,27,31-32,37,50H,4,10-17,19-26,28-30H2,(H,51,64)(H,54,61)(H,52,53,55)(H,56,60,62). The van der Waals surface area contributed by atoms with Gasteiger partial charge in [0.2, 0.25) is 23.6 Å². The maximum atomic E-state index is 14.7. The Morgan fingerprint density at radius 3 is 2.55 bits per heavy atom. The summed E-state index contributed by atoms with van der Waals surface area (Å²) in [6.07, 6.45) is 9.72. The van der Waals surface area contributed by atoms with E-state index in [0.29, 0.717) is 75.2 Å². The van der Waals surface area contributed by atoms with Crippen LogP contribution in [0.15, 0.2) is 65.1 Å². The quantitative estimate of drug-likeness (QED) is 0.0849. The summed E-state index contributed by atoms with van der Waals surface area (Å²) in [5, 5.41) is 17.6. The third-order valence-electron chi connectivity index (χ3n) is 13.2. The highest BCUT2D eigenvalue weighted by Gasteiger charge is 2.44. The largest absolute Gasteiger partial charge is 0.487 e. The Balaban J connectivity index is 0.720. The molecule has 17 nitrogen and oxygen atoms in total. The molecule has 3 fully saturated rings. The fraction of sp³-hybridized carbons (Fsp3) is 0.511. The molecule has 5 N–H and O–H groups in total. The van der Waals surface area contributed by atoms with E-state index in [4.69, 9.17) is 26.1 Å². The maximum absolute atomic E-state index is 14.7. The van der Waals surface area contributed by atoms with Crippen molar-refractivity contribution in [1.29, 1.82) is 0 Å². The molecule has 5 heterocycles. The molecule has 4 aliphatic heterocycles. The number of carbonyl (C=O) groups is 5. The number of anilines is 2. The van der Waals surface area contributed by atoms with E-state index in [1.54, 1.807) is 36.5 Å². The number of ether oxygens (including phenoxy) is 2. The van der Waals surface area contributed by atoms with Crippen LogP contribution in [-0.2, 0) is 30.5 Å². The minimum absolute atomic E-state index is 0.0182. The first-order chi connectivity index (χ1) is 32.5. The molecular weight excluding hydrogens is 903 g/mol. The Hall–Kier alpha value is -5.31. The third kappa shape index (κ3) is 12.4. The second-order valence-corrected chi connectivity index (χ2v) is 18.9. The summed E-state index contributed by atoms with van der Waals surface area (Å²) < 4.78 is 26.6. The van der Waals surface area contributed by atoms with Crippen molar-refractivity contribution in [3.05, 3.63) is 82.1 Å². The fourth-order valence-corrected chi connectivity index (χ4v) is 10.2. The molecule has 0 bridgehead atoms. The molecule has 1 saturated carbocycles. The van der Waals surface area contributed by atoms with Gasteiger partial charge in [0.1, 0.15) is 11.9 Å². The molecule has 0 radical (unpaired) electrons. The van der Waals surface area contributed by atoms with Gasteiger partial charge in [0, 0.05) is 93.7 Å². The number of halogens is 2. The number of benzene rings is 2. The van der Waals surface area contributed by atoms with E-state index in [1.807, 2.05) is 11.5 Å². The number of hydrogen-bond donors (Lipinski definition) is 5. The zero-order valence-electron chi connectivity index (χ0n) is 37.4. The lowest BCUT2D eigenvalue weighted by Gasteiger charge is -2.41. The van der Waals surface area contributed by atoms with E-state index in [-0.39, 0.29) is 72.5 Å². The molecule has 1 aliphatic carbocycles.